The number of ether oxygens (including phenoxy) is 1. The van der Waals surface area contributed by atoms with E-state index in [9.17, 15) is 14.0 Å². The Labute approximate surface area is 167 Å². The van der Waals surface area contributed by atoms with Gasteiger partial charge in [0.15, 0.2) is 0 Å². The summed E-state index contributed by atoms with van der Waals surface area (Å²) < 4.78 is 18.8. The van der Waals surface area contributed by atoms with Gasteiger partial charge in [-0.15, -0.1) is 0 Å². The third-order valence-electron chi connectivity index (χ3n) is 4.24. The van der Waals surface area contributed by atoms with Crippen LogP contribution in [0.5, 0.6) is 5.75 Å². The van der Waals surface area contributed by atoms with Crippen LogP contribution in [0.4, 0.5) is 10.1 Å². The predicted octanol–water partition coefficient (Wildman–Crippen LogP) is 3.45. The van der Waals surface area contributed by atoms with Crippen molar-refractivity contribution in [2.45, 2.75) is 6.42 Å². The number of rotatable bonds is 7. The molecule has 148 valence electrons. The third-order valence-corrected chi connectivity index (χ3v) is 4.24. The number of nitrogens with one attached hydrogen (secondary N) is 2. The quantitative estimate of drug-likeness (QED) is 0.644. The number of carbonyl (C=O) groups excluding carboxylic acids is 2. The molecule has 6 nitrogen and oxygen atoms in total. The molecule has 0 bridgehead atoms. The van der Waals surface area contributed by atoms with Crippen LogP contribution in [0.25, 0.3) is 0 Å². The van der Waals surface area contributed by atoms with Crippen molar-refractivity contribution >= 4 is 17.5 Å². The highest BCUT2D eigenvalue weighted by Crippen LogP contribution is 2.14. The van der Waals surface area contributed by atoms with Gasteiger partial charge in [0.2, 0.25) is 0 Å². The summed E-state index contributed by atoms with van der Waals surface area (Å²) >= 11 is 0. The van der Waals surface area contributed by atoms with Gasteiger partial charge in [0, 0.05) is 18.9 Å². The smallest absolute Gasteiger partial charge is 0.257 e. The molecule has 1 heterocycles. The maximum absolute atomic E-state index is 13.7. The number of amides is 2. The van der Waals surface area contributed by atoms with Crippen LogP contribution in [0.2, 0.25) is 0 Å². The Morgan fingerprint density at radius 3 is 2.38 bits per heavy atom. The van der Waals surface area contributed by atoms with Crippen molar-refractivity contribution in [3.05, 3.63) is 89.5 Å². The molecular weight excluding hydrogens is 373 g/mol. The van der Waals surface area contributed by atoms with Crippen molar-refractivity contribution in [2.24, 2.45) is 0 Å². The number of carbonyl (C=O) groups is 2. The zero-order valence-electron chi connectivity index (χ0n) is 15.8. The molecule has 0 atom stereocenters. The minimum absolute atomic E-state index is 0.0619. The van der Waals surface area contributed by atoms with Crippen LogP contribution >= 0.6 is 0 Å². The van der Waals surface area contributed by atoms with E-state index in [-0.39, 0.29) is 22.7 Å². The number of hydrogen-bond donors (Lipinski definition) is 2. The molecule has 3 rings (SSSR count). The second-order valence-corrected chi connectivity index (χ2v) is 6.25. The number of nitrogens with zero attached hydrogens (tertiary/aromatic N) is 1. The number of methoxy groups -OCH3 is 1. The average molecular weight is 393 g/mol. The topological polar surface area (TPSA) is 80.3 Å². The van der Waals surface area contributed by atoms with Gasteiger partial charge in [0.25, 0.3) is 11.8 Å². The fourth-order valence-corrected chi connectivity index (χ4v) is 2.66. The number of benzene rings is 2. The summed E-state index contributed by atoms with van der Waals surface area (Å²) in [6, 6.07) is 14.9. The molecule has 0 spiro atoms. The van der Waals surface area contributed by atoms with Crippen LogP contribution in [0, 0.1) is 5.82 Å². The first-order chi connectivity index (χ1) is 14.1. The number of hydrogen-bond acceptors (Lipinski definition) is 4. The Morgan fingerprint density at radius 2 is 1.69 bits per heavy atom. The highest BCUT2D eigenvalue weighted by atomic mass is 19.1. The molecule has 0 unspecified atom stereocenters. The highest BCUT2D eigenvalue weighted by molar-refractivity contribution is 6.05. The summed E-state index contributed by atoms with van der Waals surface area (Å²) in [5.41, 5.74) is 1.53. The van der Waals surface area contributed by atoms with E-state index in [2.05, 4.69) is 15.6 Å². The highest BCUT2D eigenvalue weighted by Gasteiger charge is 2.13. The number of pyridine rings is 1. The molecule has 2 N–H and O–H groups in total. The van der Waals surface area contributed by atoms with Crippen molar-refractivity contribution in [2.75, 3.05) is 19.0 Å². The molecule has 0 saturated heterocycles. The van der Waals surface area contributed by atoms with E-state index in [1.807, 2.05) is 24.3 Å². The van der Waals surface area contributed by atoms with Gasteiger partial charge in [-0.1, -0.05) is 24.3 Å². The molecule has 0 aliphatic heterocycles. The van der Waals surface area contributed by atoms with Crippen LogP contribution in [-0.2, 0) is 6.42 Å². The maximum Gasteiger partial charge on any atom is 0.257 e. The maximum atomic E-state index is 13.7. The van der Waals surface area contributed by atoms with Crippen molar-refractivity contribution < 1.29 is 18.7 Å². The zero-order chi connectivity index (χ0) is 20.6. The normalized spacial score (nSPS) is 10.3. The standard InChI is InChI=1S/C22H20FN3O3/c1-29-18-8-6-15(7-9-18)10-11-25-21(27)16-12-17(14-24-13-16)22(28)26-20-5-3-2-4-19(20)23/h2-9,12-14H,10-11H2,1H3,(H,25,27)(H,26,28). The Balaban J connectivity index is 1.58. The van der Waals surface area contributed by atoms with Gasteiger partial charge in [-0.25, -0.2) is 4.39 Å². The monoisotopic (exact) mass is 393 g/mol. The summed E-state index contributed by atoms with van der Waals surface area (Å²) in [5.74, 6) is -0.655. The van der Waals surface area contributed by atoms with Gasteiger partial charge in [0.1, 0.15) is 11.6 Å². The van der Waals surface area contributed by atoms with Crippen LogP contribution in [-0.4, -0.2) is 30.5 Å². The third kappa shape index (κ3) is 5.38. The predicted molar refractivity (Wildman–Crippen MR) is 108 cm³/mol. The molecule has 2 aromatic carbocycles. The molecular formula is C22H20FN3O3. The first-order valence-corrected chi connectivity index (χ1v) is 8.99. The lowest BCUT2D eigenvalue weighted by molar-refractivity contribution is 0.0953. The number of aromatic nitrogens is 1. The average Bonchev–Trinajstić information content (AvgIpc) is 2.76. The Hall–Kier alpha value is -3.74. The van der Waals surface area contributed by atoms with E-state index in [4.69, 9.17) is 4.74 Å². The summed E-state index contributed by atoms with van der Waals surface area (Å²) in [7, 11) is 1.61. The van der Waals surface area contributed by atoms with Gasteiger partial charge >= 0.3 is 0 Å². The van der Waals surface area contributed by atoms with Crippen molar-refractivity contribution in [1.82, 2.24) is 10.3 Å². The molecule has 0 fully saturated rings. The lowest BCUT2D eigenvalue weighted by Gasteiger charge is -2.08. The largest absolute Gasteiger partial charge is 0.497 e. The Kier molecular flexibility index (Phi) is 6.52. The van der Waals surface area contributed by atoms with Gasteiger partial charge in [-0.3, -0.25) is 14.6 Å². The molecule has 29 heavy (non-hydrogen) atoms. The van der Waals surface area contributed by atoms with E-state index >= 15 is 0 Å². The van der Waals surface area contributed by atoms with E-state index in [0.717, 1.165) is 11.3 Å². The summed E-state index contributed by atoms with van der Waals surface area (Å²) in [6.45, 7) is 0.427. The second-order valence-electron chi connectivity index (χ2n) is 6.25. The van der Waals surface area contributed by atoms with Gasteiger partial charge in [0.05, 0.1) is 23.9 Å². The number of para-hydroxylation sites is 1. The summed E-state index contributed by atoms with van der Waals surface area (Å²) in [4.78, 5) is 28.6. The van der Waals surface area contributed by atoms with Crippen molar-refractivity contribution in [1.29, 1.82) is 0 Å². The van der Waals surface area contributed by atoms with Gasteiger partial charge in [-0.05, 0) is 42.3 Å². The van der Waals surface area contributed by atoms with E-state index < -0.39 is 11.7 Å². The lowest BCUT2D eigenvalue weighted by Crippen LogP contribution is -2.26. The molecule has 2 amide bonds. The van der Waals surface area contributed by atoms with Crippen LogP contribution in [0.1, 0.15) is 26.3 Å². The Bertz CT molecular complexity index is 1010. The molecule has 0 saturated carbocycles. The fraction of sp³-hybridized carbons (Fsp3) is 0.136. The molecule has 1 aromatic heterocycles. The summed E-state index contributed by atoms with van der Waals surface area (Å²) in [6.07, 6.45) is 3.35. The lowest BCUT2D eigenvalue weighted by atomic mass is 10.1. The SMILES string of the molecule is COc1ccc(CCNC(=O)c2cncc(C(=O)Nc3ccccc3F)c2)cc1. The van der Waals surface area contributed by atoms with Crippen LogP contribution < -0.4 is 15.4 Å². The van der Waals surface area contributed by atoms with Crippen molar-refractivity contribution in [3.8, 4) is 5.75 Å². The first-order valence-electron chi connectivity index (χ1n) is 8.99. The summed E-state index contributed by atoms with van der Waals surface area (Å²) in [5, 5.41) is 5.27. The molecule has 3 aromatic rings. The van der Waals surface area contributed by atoms with E-state index in [0.29, 0.717) is 13.0 Å². The Morgan fingerprint density at radius 1 is 1.00 bits per heavy atom. The first kappa shape index (κ1) is 20.0. The van der Waals surface area contributed by atoms with E-state index in [1.165, 1.54) is 36.7 Å². The minimum Gasteiger partial charge on any atom is -0.497 e. The number of anilines is 1. The molecule has 0 aliphatic rings. The minimum atomic E-state index is -0.546. The van der Waals surface area contributed by atoms with Crippen LogP contribution in [0.3, 0.4) is 0 Å². The van der Waals surface area contributed by atoms with Crippen molar-refractivity contribution in [3.63, 3.8) is 0 Å². The van der Waals surface area contributed by atoms with Gasteiger partial charge < -0.3 is 15.4 Å². The van der Waals surface area contributed by atoms with Gasteiger partial charge in [-0.2, -0.15) is 0 Å². The fourth-order valence-electron chi connectivity index (χ4n) is 2.66. The van der Waals surface area contributed by atoms with E-state index in [1.54, 1.807) is 13.2 Å². The molecule has 7 heteroatoms. The zero-order valence-corrected chi connectivity index (χ0v) is 15.8. The van der Waals surface area contributed by atoms with Crippen LogP contribution in [0.15, 0.2) is 67.0 Å². The molecule has 0 aliphatic carbocycles. The molecule has 0 radical (unpaired) electrons. The number of halogens is 1. The second kappa shape index (κ2) is 9.45.